The highest BCUT2D eigenvalue weighted by molar-refractivity contribution is 7.89. The van der Waals surface area contributed by atoms with Gasteiger partial charge in [0.05, 0.1) is 11.4 Å². The van der Waals surface area contributed by atoms with Crippen LogP contribution in [0.3, 0.4) is 0 Å². The Morgan fingerprint density at radius 3 is 2.24 bits per heavy atom. The lowest BCUT2D eigenvalue weighted by molar-refractivity contribution is -0.131. The van der Waals surface area contributed by atoms with Crippen LogP contribution in [0.1, 0.15) is 37.7 Å². The van der Waals surface area contributed by atoms with Crippen molar-refractivity contribution >= 4 is 27.5 Å². The van der Waals surface area contributed by atoms with Gasteiger partial charge in [-0.05, 0) is 42.7 Å². The van der Waals surface area contributed by atoms with Gasteiger partial charge in [-0.3, -0.25) is 4.79 Å². The Kier molecular flexibility index (Phi) is 7.33. The van der Waals surface area contributed by atoms with E-state index in [1.165, 1.54) is 16.4 Å². The smallest absolute Gasteiger partial charge is 0.243 e. The molecular weight excluding hydrogens is 408 g/mol. The molecule has 0 aliphatic heterocycles. The highest BCUT2D eigenvalue weighted by atomic mass is 35.5. The summed E-state index contributed by atoms with van der Waals surface area (Å²) in [4.78, 5) is 14.7. The van der Waals surface area contributed by atoms with Crippen LogP contribution in [0.15, 0.2) is 59.5 Å². The molecule has 0 heterocycles. The first-order chi connectivity index (χ1) is 13.9. The number of hydrogen-bond donors (Lipinski definition) is 0. The molecule has 0 bridgehead atoms. The monoisotopic (exact) mass is 434 g/mol. The summed E-state index contributed by atoms with van der Waals surface area (Å²) in [5.74, 6) is -0.211. The van der Waals surface area contributed by atoms with Crippen molar-refractivity contribution in [3.8, 4) is 0 Å². The van der Waals surface area contributed by atoms with Crippen LogP contribution < -0.4 is 0 Å². The molecule has 1 saturated carbocycles. The minimum Gasteiger partial charge on any atom is -0.340 e. The molecule has 29 heavy (non-hydrogen) atoms. The lowest BCUT2D eigenvalue weighted by atomic mass is 9.95. The first-order valence-corrected chi connectivity index (χ1v) is 11.7. The maximum absolute atomic E-state index is 13.4. The standard InChI is InChI=1S/C22H27ClN2O3S/c1-24(16-18-8-4-2-5-9-18)22(26)17-25(20-10-6-3-7-11-20)29(27,28)21-14-12-19(23)13-15-21/h2,4-5,8-9,12-15,20H,3,6-7,10-11,16-17H2,1H3. The molecule has 1 amide bonds. The third-order valence-corrected chi connectivity index (χ3v) is 7.55. The summed E-state index contributed by atoms with van der Waals surface area (Å²) < 4.78 is 28.1. The van der Waals surface area contributed by atoms with E-state index in [0.717, 1.165) is 37.7 Å². The lowest BCUT2D eigenvalue weighted by Gasteiger charge is -2.34. The molecule has 1 aliphatic rings. The minimum atomic E-state index is -3.79. The van der Waals surface area contributed by atoms with E-state index < -0.39 is 10.0 Å². The van der Waals surface area contributed by atoms with Crippen molar-refractivity contribution < 1.29 is 13.2 Å². The number of carbonyl (C=O) groups is 1. The molecule has 2 aromatic rings. The second-order valence-corrected chi connectivity index (χ2v) is 9.86. The molecule has 0 aromatic heterocycles. The van der Waals surface area contributed by atoms with E-state index in [0.29, 0.717) is 11.6 Å². The zero-order chi connectivity index (χ0) is 20.9. The van der Waals surface area contributed by atoms with Crippen molar-refractivity contribution in [2.45, 2.75) is 49.6 Å². The van der Waals surface area contributed by atoms with E-state index in [4.69, 9.17) is 11.6 Å². The van der Waals surface area contributed by atoms with E-state index in [-0.39, 0.29) is 23.4 Å². The van der Waals surface area contributed by atoms with Gasteiger partial charge in [-0.25, -0.2) is 8.42 Å². The number of carbonyl (C=O) groups excluding carboxylic acids is 1. The Labute approximate surface area is 178 Å². The van der Waals surface area contributed by atoms with Gasteiger partial charge in [0.15, 0.2) is 0 Å². The fourth-order valence-electron chi connectivity index (χ4n) is 3.72. The highest BCUT2D eigenvalue weighted by Crippen LogP contribution is 2.28. The highest BCUT2D eigenvalue weighted by Gasteiger charge is 2.34. The molecular formula is C22H27ClN2O3S. The number of halogens is 1. The van der Waals surface area contributed by atoms with Crippen molar-refractivity contribution in [1.29, 1.82) is 0 Å². The Bertz CT molecular complexity index is 911. The molecule has 0 N–H and O–H groups in total. The van der Waals surface area contributed by atoms with Crippen LogP contribution in [-0.4, -0.2) is 43.2 Å². The van der Waals surface area contributed by atoms with Crippen LogP contribution >= 0.6 is 11.6 Å². The van der Waals surface area contributed by atoms with Crippen LogP contribution in [0, 0.1) is 0 Å². The topological polar surface area (TPSA) is 57.7 Å². The molecule has 2 aromatic carbocycles. The summed E-state index contributed by atoms with van der Waals surface area (Å²) >= 11 is 5.92. The molecule has 0 unspecified atom stereocenters. The molecule has 0 atom stereocenters. The van der Waals surface area contributed by atoms with Crippen LogP contribution in [0.2, 0.25) is 5.02 Å². The summed E-state index contributed by atoms with van der Waals surface area (Å²) in [6.07, 6.45) is 4.62. The van der Waals surface area contributed by atoms with Gasteiger partial charge in [0.1, 0.15) is 0 Å². The van der Waals surface area contributed by atoms with Crippen molar-refractivity contribution in [2.24, 2.45) is 0 Å². The Balaban J connectivity index is 1.81. The van der Waals surface area contributed by atoms with Crippen molar-refractivity contribution in [3.63, 3.8) is 0 Å². The Morgan fingerprint density at radius 2 is 1.62 bits per heavy atom. The minimum absolute atomic E-state index is 0.154. The maximum Gasteiger partial charge on any atom is 0.243 e. The molecule has 0 radical (unpaired) electrons. The Hall–Kier alpha value is -1.89. The van der Waals surface area contributed by atoms with Gasteiger partial charge in [0.2, 0.25) is 15.9 Å². The molecule has 3 rings (SSSR count). The second-order valence-electron chi connectivity index (χ2n) is 7.53. The summed E-state index contributed by atoms with van der Waals surface area (Å²) in [5.41, 5.74) is 1.01. The van der Waals surface area contributed by atoms with Crippen LogP contribution in [0.25, 0.3) is 0 Å². The predicted octanol–water partition coefficient (Wildman–Crippen LogP) is 4.32. The molecule has 7 heteroatoms. The van der Waals surface area contributed by atoms with E-state index in [1.54, 1.807) is 24.1 Å². The maximum atomic E-state index is 13.4. The largest absolute Gasteiger partial charge is 0.340 e. The molecule has 0 saturated heterocycles. The summed E-state index contributed by atoms with van der Waals surface area (Å²) in [6.45, 7) is 0.290. The van der Waals surface area contributed by atoms with E-state index >= 15 is 0 Å². The first-order valence-electron chi connectivity index (χ1n) is 9.93. The van der Waals surface area contributed by atoms with E-state index in [1.807, 2.05) is 30.3 Å². The average Bonchev–Trinajstić information content (AvgIpc) is 2.73. The van der Waals surface area contributed by atoms with Gasteiger partial charge in [0, 0.05) is 24.7 Å². The zero-order valence-electron chi connectivity index (χ0n) is 16.6. The predicted molar refractivity (Wildman–Crippen MR) is 115 cm³/mol. The van der Waals surface area contributed by atoms with Crippen LogP contribution in [0.4, 0.5) is 0 Å². The van der Waals surface area contributed by atoms with Gasteiger partial charge in [-0.15, -0.1) is 0 Å². The SMILES string of the molecule is CN(Cc1ccccc1)C(=O)CN(C1CCCCC1)S(=O)(=O)c1ccc(Cl)cc1. The summed E-state index contributed by atoms with van der Waals surface area (Å²) in [7, 11) is -2.08. The zero-order valence-corrected chi connectivity index (χ0v) is 18.2. The van der Waals surface area contributed by atoms with Gasteiger partial charge < -0.3 is 4.90 Å². The quantitative estimate of drug-likeness (QED) is 0.652. The molecule has 156 valence electrons. The van der Waals surface area contributed by atoms with Gasteiger partial charge in [-0.2, -0.15) is 4.31 Å². The number of benzene rings is 2. The lowest BCUT2D eigenvalue weighted by Crippen LogP contribution is -2.47. The van der Waals surface area contributed by atoms with Crippen molar-refractivity contribution in [1.82, 2.24) is 9.21 Å². The summed E-state index contributed by atoms with van der Waals surface area (Å²) in [5, 5.41) is 0.479. The Morgan fingerprint density at radius 1 is 1.00 bits per heavy atom. The van der Waals surface area contributed by atoms with Crippen LogP contribution in [-0.2, 0) is 21.4 Å². The third kappa shape index (κ3) is 5.59. The fourth-order valence-corrected chi connectivity index (χ4v) is 5.48. The van der Waals surface area contributed by atoms with Crippen molar-refractivity contribution in [2.75, 3.05) is 13.6 Å². The average molecular weight is 435 g/mol. The number of likely N-dealkylation sites (N-methyl/N-ethyl adjacent to an activating group) is 1. The van der Waals surface area contributed by atoms with E-state index in [2.05, 4.69) is 0 Å². The van der Waals surface area contributed by atoms with Gasteiger partial charge >= 0.3 is 0 Å². The fraction of sp³-hybridized carbons (Fsp3) is 0.409. The van der Waals surface area contributed by atoms with Gasteiger partial charge in [0.25, 0.3) is 0 Å². The molecule has 0 spiro atoms. The normalized spacial score (nSPS) is 15.4. The van der Waals surface area contributed by atoms with Gasteiger partial charge in [-0.1, -0.05) is 61.2 Å². The number of hydrogen-bond acceptors (Lipinski definition) is 3. The number of rotatable bonds is 7. The molecule has 1 aliphatic carbocycles. The number of amides is 1. The van der Waals surface area contributed by atoms with Crippen LogP contribution in [0.5, 0.6) is 0 Å². The third-order valence-electron chi connectivity index (χ3n) is 5.38. The second kappa shape index (κ2) is 9.74. The molecule has 5 nitrogen and oxygen atoms in total. The van der Waals surface area contributed by atoms with Crippen molar-refractivity contribution in [3.05, 3.63) is 65.2 Å². The number of sulfonamides is 1. The van der Waals surface area contributed by atoms with E-state index in [9.17, 15) is 13.2 Å². The first kappa shape index (κ1) is 21.8. The number of nitrogens with zero attached hydrogens (tertiary/aromatic N) is 2. The molecule has 1 fully saturated rings. The summed E-state index contributed by atoms with van der Waals surface area (Å²) in [6, 6.07) is 15.7.